The molecule has 0 aromatic carbocycles. The summed E-state index contributed by atoms with van der Waals surface area (Å²) in [7, 11) is 0. The third kappa shape index (κ3) is 27.7. The Hall–Kier alpha value is -5.80. The molecule has 1 fully saturated rings. The number of ether oxygens (including phenoxy) is 1. The number of carbonyl (C=O) groups excluding carboxylic acids is 7. The van der Waals surface area contributed by atoms with Crippen molar-refractivity contribution in [1.82, 2.24) is 68.7 Å². The number of likely N-dealkylation sites (tertiary alicyclic amines) is 1. The summed E-state index contributed by atoms with van der Waals surface area (Å²) in [5.41, 5.74) is 8.02. The smallest absolute Gasteiger partial charge is 0.407 e. The van der Waals surface area contributed by atoms with Crippen molar-refractivity contribution < 1.29 is 38.3 Å². The van der Waals surface area contributed by atoms with E-state index >= 15 is 0 Å². The van der Waals surface area contributed by atoms with Gasteiger partial charge in [0.25, 0.3) is 0 Å². The van der Waals surface area contributed by atoms with Crippen molar-refractivity contribution in [1.29, 1.82) is 0 Å². The Morgan fingerprint density at radius 2 is 1.00 bits per heavy atom. The highest BCUT2D eigenvalue weighted by molar-refractivity contribution is 5.78. The van der Waals surface area contributed by atoms with E-state index in [0.717, 1.165) is 12.8 Å². The highest BCUT2D eigenvalue weighted by atomic mass is 16.6. The molecule has 0 unspecified atom stereocenters. The lowest BCUT2D eigenvalue weighted by Gasteiger charge is -2.27. The molecule has 1 heterocycles. The molecule has 0 saturated carbocycles. The van der Waals surface area contributed by atoms with Gasteiger partial charge < -0.3 is 73.4 Å². The molecule has 1 aliphatic rings. The van der Waals surface area contributed by atoms with Gasteiger partial charge in [0.2, 0.25) is 0 Å². The number of azide groups is 1. The lowest BCUT2D eigenvalue weighted by molar-refractivity contribution is 0.0490. The number of hydrogen-bond acceptors (Lipinski definition) is 9. The average molecular weight is 967 g/mol. The van der Waals surface area contributed by atoms with Gasteiger partial charge in [-0.05, 0) is 89.5 Å². The number of nitrogens with one attached hydrogen (secondary N) is 12. The summed E-state index contributed by atoms with van der Waals surface area (Å²) in [5, 5.41) is 37.5. The maximum Gasteiger partial charge on any atom is 0.407 e. The van der Waals surface area contributed by atoms with E-state index in [9.17, 15) is 33.6 Å². The average Bonchev–Trinajstić information content (AvgIpc) is 3.70. The Kier molecular flexibility index (Phi) is 27.7. The molecule has 1 saturated heterocycles. The largest absolute Gasteiger partial charge is 0.444 e. The summed E-state index contributed by atoms with van der Waals surface area (Å²) in [6.45, 7) is 26.1. The molecule has 24 nitrogen and oxygen atoms in total. The Morgan fingerprint density at radius 3 is 1.44 bits per heavy atom. The first-order valence-corrected chi connectivity index (χ1v) is 24.0. The number of alkyl carbamates (subject to hydrolysis) is 1. The van der Waals surface area contributed by atoms with Crippen LogP contribution >= 0.6 is 0 Å². The molecule has 1 rings (SSSR count). The Bertz CT molecular complexity index is 1640. The lowest BCUT2D eigenvalue weighted by Crippen LogP contribution is -2.55. The summed E-state index contributed by atoms with van der Waals surface area (Å²) >= 11 is 0. The van der Waals surface area contributed by atoms with Gasteiger partial charge in [0, 0.05) is 87.5 Å². The minimum atomic E-state index is -0.656. The topological polar surface area (TPSA) is 325 Å². The van der Waals surface area contributed by atoms with Crippen LogP contribution in [0.15, 0.2) is 5.11 Å². The molecule has 12 N–H and O–H groups in total. The summed E-state index contributed by atoms with van der Waals surface area (Å²) in [6, 6.07) is -5.23. The van der Waals surface area contributed by atoms with Crippen LogP contribution in [0, 0.1) is 23.7 Å². The molecule has 24 heteroatoms. The van der Waals surface area contributed by atoms with Crippen molar-refractivity contribution >= 4 is 42.3 Å². The Labute approximate surface area is 403 Å². The van der Waals surface area contributed by atoms with Gasteiger partial charge >= 0.3 is 42.3 Å². The van der Waals surface area contributed by atoms with Gasteiger partial charge in [0.15, 0.2) is 0 Å². The molecule has 0 aromatic heterocycles. The summed E-state index contributed by atoms with van der Waals surface area (Å²) in [6.07, 6.45) is 2.20. The SMILES string of the molecule is CC(C)C[C@@H](CNC(=O)N[C@H](CNC(=O)N[C@@H](C)CNC(=O)N[C@H](CNC(=O)N1CCC[C@H]1CN=[N+]=[N-])CC(C)C)C(C)C)NC(=O)NC[C@H](C)NC(=O)NC[C@@H](NC(=O)OC(C)(C)C)C(C)C. The molecule has 0 bridgehead atoms. The molecule has 0 aliphatic carbocycles. The number of carbonyl (C=O) groups is 7. The molecule has 68 heavy (non-hydrogen) atoms. The predicted octanol–water partition coefficient (Wildman–Crippen LogP) is 4.15. The van der Waals surface area contributed by atoms with Gasteiger partial charge in [-0.15, -0.1) is 0 Å². The summed E-state index contributed by atoms with van der Waals surface area (Å²) in [5.74, 6) is 0.395. The van der Waals surface area contributed by atoms with Crippen LogP contribution in [-0.4, -0.2) is 147 Å². The molecule has 0 spiro atoms. The standard InChI is InChI=1S/C44H86N16O8/c1-26(2)17-32(55-39(63)46-19-31(10)54-38(62)50-25-36(29(7)8)58-43(67)68-44(11,12)13)21-48-41(65)57-35(28(5)6)24-49-37(61)53-30(9)20-47-40(64)56-33(18-27(3)4)22-51-42(66)60-16-14-15-34(60)23-52-59-45/h26-36H,14-25H2,1-13H3,(H,51,66)(H,58,67)(H2,46,55,63)(H2,47,56,64)(H2,48,57,65)(H2,49,53,61)(H2,50,54,62)/t30-,31-,32-,33-,34-,35+,36+/m0/s1. The first-order valence-electron chi connectivity index (χ1n) is 24.0. The van der Waals surface area contributed by atoms with Crippen LogP contribution in [0.25, 0.3) is 10.4 Å². The van der Waals surface area contributed by atoms with Crippen molar-refractivity contribution in [3.05, 3.63) is 10.4 Å². The molecule has 0 radical (unpaired) electrons. The minimum Gasteiger partial charge on any atom is -0.444 e. The van der Waals surface area contributed by atoms with E-state index < -0.39 is 66.0 Å². The molecule has 13 amide bonds. The maximum atomic E-state index is 13.0. The first kappa shape index (κ1) is 60.2. The van der Waals surface area contributed by atoms with Crippen molar-refractivity contribution in [2.75, 3.05) is 52.4 Å². The highest BCUT2D eigenvalue weighted by Gasteiger charge is 2.29. The molecule has 390 valence electrons. The van der Waals surface area contributed by atoms with Gasteiger partial charge in [0.1, 0.15) is 5.60 Å². The van der Waals surface area contributed by atoms with Gasteiger partial charge in [-0.1, -0.05) is 60.5 Å². The Balaban J connectivity index is 2.55. The van der Waals surface area contributed by atoms with Crippen LogP contribution in [0.4, 0.5) is 33.6 Å². The van der Waals surface area contributed by atoms with Crippen molar-refractivity contribution in [2.45, 2.75) is 164 Å². The number of nitrogens with zero attached hydrogens (tertiary/aromatic N) is 4. The molecular weight excluding hydrogens is 881 g/mol. The summed E-state index contributed by atoms with van der Waals surface area (Å²) in [4.78, 5) is 93.8. The van der Waals surface area contributed by atoms with E-state index in [1.807, 2.05) is 55.4 Å². The molecule has 1 aliphatic heterocycles. The van der Waals surface area contributed by atoms with Crippen LogP contribution in [0.5, 0.6) is 0 Å². The Morgan fingerprint density at radius 1 is 0.588 bits per heavy atom. The predicted molar refractivity (Wildman–Crippen MR) is 262 cm³/mol. The fraction of sp³-hybridized carbons (Fsp3) is 0.841. The number of rotatable bonds is 26. The van der Waals surface area contributed by atoms with Crippen LogP contribution in [0.3, 0.4) is 0 Å². The monoisotopic (exact) mass is 967 g/mol. The van der Waals surface area contributed by atoms with E-state index in [-0.39, 0.29) is 93.6 Å². The van der Waals surface area contributed by atoms with E-state index in [4.69, 9.17) is 10.3 Å². The zero-order valence-corrected chi connectivity index (χ0v) is 42.9. The second-order valence-corrected chi connectivity index (χ2v) is 20.2. The minimum absolute atomic E-state index is 0.0186. The lowest BCUT2D eigenvalue weighted by atomic mass is 10.0. The van der Waals surface area contributed by atoms with Crippen LogP contribution < -0.4 is 63.8 Å². The molecule has 7 atom stereocenters. The number of hydrogen-bond donors (Lipinski definition) is 12. The first-order chi connectivity index (χ1) is 31.8. The van der Waals surface area contributed by atoms with Crippen LogP contribution in [0.2, 0.25) is 0 Å². The van der Waals surface area contributed by atoms with Gasteiger partial charge in [0.05, 0.1) is 12.1 Å². The zero-order chi connectivity index (χ0) is 51.6. The van der Waals surface area contributed by atoms with Crippen LogP contribution in [0.1, 0.15) is 116 Å². The zero-order valence-electron chi connectivity index (χ0n) is 42.9. The third-order valence-corrected chi connectivity index (χ3v) is 10.7. The van der Waals surface area contributed by atoms with E-state index in [1.165, 1.54) is 0 Å². The van der Waals surface area contributed by atoms with Gasteiger partial charge in [-0.2, -0.15) is 0 Å². The van der Waals surface area contributed by atoms with Crippen molar-refractivity contribution in [3.8, 4) is 0 Å². The number of amides is 13. The van der Waals surface area contributed by atoms with Gasteiger partial charge in [-0.3, -0.25) is 0 Å². The summed E-state index contributed by atoms with van der Waals surface area (Å²) < 4.78 is 5.33. The third-order valence-electron chi connectivity index (χ3n) is 10.7. The maximum absolute atomic E-state index is 13.0. The molecular formula is C44H86N16O8. The quantitative estimate of drug-likeness (QED) is 0.0339. The number of urea groups is 6. The normalized spacial score (nSPS) is 16.2. The van der Waals surface area contributed by atoms with Gasteiger partial charge in [-0.25, -0.2) is 33.6 Å². The van der Waals surface area contributed by atoms with Crippen molar-refractivity contribution in [3.63, 3.8) is 0 Å². The van der Waals surface area contributed by atoms with E-state index in [2.05, 4.69) is 73.8 Å². The molecule has 0 aromatic rings. The van der Waals surface area contributed by atoms with E-state index in [1.54, 1.807) is 39.5 Å². The highest BCUT2D eigenvalue weighted by Crippen LogP contribution is 2.18. The second-order valence-electron chi connectivity index (χ2n) is 20.2. The van der Waals surface area contributed by atoms with Crippen LogP contribution in [-0.2, 0) is 4.74 Å². The second kappa shape index (κ2) is 31.3. The fourth-order valence-electron chi connectivity index (χ4n) is 7.08. The van der Waals surface area contributed by atoms with E-state index in [0.29, 0.717) is 19.4 Å². The van der Waals surface area contributed by atoms with Crippen molar-refractivity contribution in [2.24, 2.45) is 28.8 Å². The fourth-order valence-corrected chi connectivity index (χ4v) is 7.08.